The summed E-state index contributed by atoms with van der Waals surface area (Å²) < 4.78 is 32.1. The number of anilines is 2. The minimum absolute atomic E-state index is 0.131. The lowest BCUT2D eigenvalue weighted by Gasteiger charge is -2.36. The van der Waals surface area contributed by atoms with E-state index in [0.29, 0.717) is 49.8 Å². The SMILES string of the molecule is NC(=O)Nc1ccc(OCC(O)CN2CCN(c3ccc(F)c(F)c3)CC2)cc1. The summed E-state index contributed by atoms with van der Waals surface area (Å²) in [6.07, 6.45) is -0.673. The normalized spacial score (nSPS) is 15.8. The number of nitrogens with two attached hydrogens (primary N) is 1. The quantitative estimate of drug-likeness (QED) is 0.655. The van der Waals surface area contributed by atoms with Crippen LogP contribution in [0.25, 0.3) is 0 Å². The molecule has 1 atom stereocenters. The van der Waals surface area contributed by atoms with E-state index in [2.05, 4.69) is 10.2 Å². The van der Waals surface area contributed by atoms with Crippen molar-refractivity contribution in [1.29, 1.82) is 0 Å². The molecule has 2 aromatic rings. The molecule has 2 amide bonds. The van der Waals surface area contributed by atoms with Gasteiger partial charge in [-0.1, -0.05) is 0 Å². The smallest absolute Gasteiger partial charge is 0.316 e. The number of ether oxygens (including phenoxy) is 1. The zero-order valence-electron chi connectivity index (χ0n) is 15.9. The predicted molar refractivity (Wildman–Crippen MR) is 106 cm³/mol. The first-order valence-corrected chi connectivity index (χ1v) is 9.30. The molecule has 7 nitrogen and oxygen atoms in total. The molecular formula is C20H24F2N4O3. The average Bonchev–Trinajstić information content (AvgIpc) is 2.70. The Bertz CT molecular complexity index is 827. The van der Waals surface area contributed by atoms with Crippen LogP contribution in [-0.2, 0) is 0 Å². The van der Waals surface area contributed by atoms with E-state index in [1.54, 1.807) is 30.3 Å². The summed E-state index contributed by atoms with van der Waals surface area (Å²) in [7, 11) is 0. The number of carbonyl (C=O) groups excluding carboxylic acids is 1. The number of rotatable bonds is 7. The Morgan fingerprint density at radius 2 is 1.79 bits per heavy atom. The van der Waals surface area contributed by atoms with E-state index in [-0.39, 0.29) is 6.61 Å². The molecule has 4 N–H and O–H groups in total. The Hall–Kier alpha value is -2.91. The van der Waals surface area contributed by atoms with E-state index >= 15 is 0 Å². The molecule has 0 aromatic heterocycles. The summed E-state index contributed by atoms with van der Waals surface area (Å²) in [6.45, 7) is 3.30. The maximum Gasteiger partial charge on any atom is 0.316 e. The number of nitrogens with one attached hydrogen (secondary N) is 1. The highest BCUT2D eigenvalue weighted by Crippen LogP contribution is 2.20. The van der Waals surface area contributed by atoms with Crippen LogP contribution in [0.15, 0.2) is 42.5 Å². The zero-order chi connectivity index (χ0) is 20.8. The standard InChI is InChI=1S/C20H24F2N4O3/c21-18-6-3-15(11-19(18)22)26-9-7-25(8-10-26)12-16(27)13-29-17-4-1-14(2-5-17)24-20(23)28/h1-6,11,16,27H,7-10,12-13H2,(H3,23,24,28). The van der Waals surface area contributed by atoms with Gasteiger partial charge in [0, 0.05) is 50.2 Å². The van der Waals surface area contributed by atoms with Crippen molar-refractivity contribution in [3.8, 4) is 5.75 Å². The van der Waals surface area contributed by atoms with Crippen molar-refractivity contribution in [1.82, 2.24) is 4.90 Å². The molecular weight excluding hydrogens is 382 g/mol. The fourth-order valence-corrected chi connectivity index (χ4v) is 3.19. The Morgan fingerprint density at radius 1 is 1.10 bits per heavy atom. The minimum Gasteiger partial charge on any atom is -0.491 e. The molecule has 3 rings (SSSR count). The highest BCUT2D eigenvalue weighted by molar-refractivity contribution is 5.87. The number of aliphatic hydroxyl groups is 1. The first kappa shape index (κ1) is 20.8. The van der Waals surface area contributed by atoms with Crippen LogP contribution in [0, 0.1) is 11.6 Å². The molecule has 1 fully saturated rings. The van der Waals surface area contributed by atoms with Gasteiger partial charge in [-0.15, -0.1) is 0 Å². The summed E-state index contributed by atoms with van der Waals surface area (Å²) in [6, 6.07) is 9.94. The van der Waals surface area contributed by atoms with E-state index < -0.39 is 23.8 Å². The van der Waals surface area contributed by atoms with Gasteiger partial charge in [0.2, 0.25) is 0 Å². The Balaban J connectivity index is 1.40. The summed E-state index contributed by atoms with van der Waals surface area (Å²) in [5, 5.41) is 12.7. The van der Waals surface area contributed by atoms with Crippen molar-refractivity contribution in [3.05, 3.63) is 54.1 Å². The van der Waals surface area contributed by atoms with Gasteiger partial charge in [0.15, 0.2) is 11.6 Å². The van der Waals surface area contributed by atoms with Crippen molar-refractivity contribution >= 4 is 17.4 Å². The molecule has 0 bridgehead atoms. The number of hydrogen-bond acceptors (Lipinski definition) is 5. The molecule has 1 unspecified atom stereocenters. The number of urea groups is 1. The molecule has 1 heterocycles. The van der Waals surface area contributed by atoms with Crippen molar-refractivity contribution in [2.75, 3.05) is 49.5 Å². The molecule has 0 spiro atoms. The molecule has 0 saturated carbocycles. The van der Waals surface area contributed by atoms with Crippen LogP contribution in [0.4, 0.5) is 25.0 Å². The van der Waals surface area contributed by atoms with Gasteiger partial charge in [0.05, 0.1) is 0 Å². The van der Waals surface area contributed by atoms with Gasteiger partial charge < -0.3 is 25.8 Å². The summed E-state index contributed by atoms with van der Waals surface area (Å²) >= 11 is 0. The van der Waals surface area contributed by atoms with Crippen LogP contribution < -0.4 is 20.7 Å². The van der Waals surface area contributed by atoms with Crippen LogP contribution in [0.2, 0.25) is 0 Å². The van der Waals surface area contributed by atoms with E-state index in [4.69, 9.17) is 10.5 Å². The Kier molecular flexibility index (Phi) is 6.84. The molecule has 0 aliphatic carbocycles. The average molecular weight is 406 g/mol. The van der Waals surface area contributed by atoms with Gasteiger partial charge in [0.25, 0.3) is 0 Å². The number of aliphatic hydroxyl groups excluding tert-OH is 1. The predicted octanol–water partition coefficient (Wildman–Crippen LogP) is 2.02. The van der Waals surface area contributed by atoms with Crippen molar-refractivity contribution in [2.45, 2.75) is 6.10 Å². The van der Waals surface area contributed by atoms with Crippen LogP contribution in [0.5, 0.6) is 5.75 Å². The summed E-state index contributed by atoms with van der Waals surface area (Å²) in [5.74, 6) is -1.13. The molecule has 9 heteroatoms. The number of hydrogen-bond donors (Lipinski definition) is 3. The van der Waals surface area contributed by atoms with Crippen LogP contribution in [0.1, 0.15) is 0 Å². The fourth-order valence-electron chi connectivity index (χ4n) is 3.19. The number of primary amides is 1. The number of amides is 2. The third-order valence-corrected chi connectivity index (χ3v) is 4.67. The number of carbonyl (C=O) groups is 1. The van der Waals surface area contributed by atoms with E-state index in [9.17, 15) is 18.7 Å². The molecule has 1 saturated heterocycles. The summed E-state index contributed by atoms with van der Waals surface area (Å²) in [4.78, 5) is 14.9. The molecule has 29 heavy (non-hydrogen) atoms. The highest BCUT2D eigenvalue weighted by Gasteiger charge is 2.20. The van der Waals surface area contributed by atoms with Gasteiger partial charge in [-0.05, 0) is 36.4 Å². The number of halogens is 2. The molecule has 156 valence electrons. The van der Waals surface area contributed by atoms with Gasteiger partial charge in [0.1, 0.15) is 18.5 Å². The van der Waals surface area contributed by atoms with Gasteiger partial charge in [-0.25, -0.2) is 13.6 Å². The molecule has 1 aliphatic rings. The lowest BCUT2D eigenvalue weighted by atomic mass is 10.2. The third-order valence-electron chi connectivity index (χ3n) is 4.67. The largest absolute Gasteiger partial charge is 0.491 e. The monoisotopic (exact) mass is 406 g/mol. The topological polar surface area (TPSA) is 91.1 Å². The Morgan fingerprint density at radius 3 is 2.41 bits per heavy atom. The van der Waals surface area contributed by atoms with E-state index in [1.807, 2.05) is 4.90 Å². The lowest BCUT2D eigenvalue weighted by molar-refractivity contribution is 0.0663. The minimum atomic E-state index is -0.853. The maximum atomic E-state index is 13.4. The zero-order valence-corrected chi connectivity index (χ0v) is 15.9. The van der Waals surface area contributed by atoms with Crippen molar-refractivity contribution in [3.63, 3.8) is 0 Å². The van der Waals surface area contributed by atoms with E-state index in [0.717, 1.165) is 6.07 Å². The summed E-state index contributed by atoms with van der Waals surface area (Å²) in [5.41, 5.74) is 6.26. The second kappa shape index (κ2) is 9.53. The van der Waals surface area contributed by atoms with E-state index in [1.165, 1.54) is 6.07 Å². The number of β-amino-alcohol motifs (C(OH)–C–C–N with tert-alkyl or cyclic N) is 1. The van der Waals surface area contributed by atoms with Crippen molar-refractivity contribution < 1.29 is 23.4 Å². The highest BCUT2D eigenvalue weighted by atomic mass is 19.2. The first-order chi connectivity index (χ1) is 13.9. The maximum absolute atomic E-state index is 13.4. The molecule has 1 aliphatic heterocycles. The van der Waals surface area contributed by atoms with Gasteiger partial charge in [-0.2, -0.15) is 0 Å². The molecule has 0 radical (unpaired) electrons. The number of benzene rings is 2. The van der Waals surface area contributed by atoms with Gasteiger partial charge >= 0.3 is 6.03 Å². The second-order valence-corrected chi connectivity index (χ2v) is 6.86. The first-order valence-electron chi connectivity index (χ1n) is 9.30. The van der Waals surface area contributed by atoms with Crippen LogP contribution in [-0.4, -0.2) is 61.5 Å². The number of nitrogens with zero attached hydrogens (tertiary/aromatic N) is 2. The second-order valence-electron chi connectivity index (χ2n) is 6.86. The van der Waals surface area contributed by atoms with Gasteiger partial charge in [-0.3, -0.25) is 4.90 Å². The molecule has 2 aromatic carbocycles. The Labute approximate surface area is 167 Å². The van der Waals surface area contributed by atoms with Crippen molar-refractivity contribution in [2.24, 2.45) is 5.73 Å². The van der Waals surface area contributed by atoms with Crippen LogP contribution >= 0.6 is 0 Å². The third kappa shape index (κ3) is 6.03. The fraction of sp³-hybridized carbons (Fsp3) is 0.350. The lowest BCUT2D eigenvalue weighted by Crippen LogP contribution is -2.49. The van der Waals surface area contributed by atoms with Crippen LogP contribution in [0.3, 0.4) is 0 Å². The number of piperazine rings is 1.